The molecule has 1 aromatic heterocycles. The molecule has 0 atom stereocenters. The monoisotopic (exact) mass is 286 g/mol. The van der Waals surface area contributed by atoms with Crippen molar-refractivity contribution in [1.29, 1.82) is 0 Å². The van der Waals surface area contributed by atoms with Crippen molar-refractivity contribution >= 4 is 18.3 Å². The summed E-state index contributed by atoms with van der Waals surface area (Å²) in [6.07, 6.45) is 7.78. The molecule has 5 nitrogen and oxygen atoms in total. The summed E-state index contributed by atoms with van der Waals surface area (Å²) in [6, 6.07) is 0. The lowest BCUT2D eigenvalue weighted by Crippen LogP contribution is -2.29. The van der Waals surface area contributed by atoms with Crippen molar-refractivity contribution in [2.45, 2.75) is 32.2 Å². The largest absolute Gasteiger partial charge is 0.352 e. The van der Waals surface area contributed by atoms with Crippen LogP contribution in [0.4, 0.5) is 0 Å². The number of aryl methyl sites for hydroxylation is 1. The second-order valence-corrected chi connectivity index (χ2v) is 5.03. The number of halogens is 1. The van der Waals surface area contributed by atoms with Gasteiger partial charge in [0.05, 0.1) is 6.20 Å². The third kappa shape index (κ3) is 5.61. The Bertz CT molecular complexity index is 388. The third-order valence-electron chi connectivity index (χ3n) is 3.49. The highest BCUT2D eigenvalue weighted by Gasteiger charge is 2.14. The van der Waals surface area contributed by atoms with Crippen LogP contribution >= 0.6 is 12.4 Å². The Kier molecular flexibility index (Phi) is 6.87. The number of hydrogen-bond acceptors (Lipinski definition) is 3. The smallest absolute Gasteiger partial charge is 0.220 e. The molecule has 1 aromatic rings. The van der Waals surface area contributed by atoms with E-state index in [-0.39, 0.29) is 18.3 Å². The van der Waals surface area contributed by atoms with Crippen LogP contribution in [0.2, 0.25) is 0 Å². The Hall–Kier alpha value is -1.07. The van der Waals surface area contributed by atoms with E-state index in [1.807, 2.05) is 13.2 Å². The highest BCUT2D eigenvalue weighted by atomic mass is 35.5. The van der Waals surface area contributed by atoms with Crippen molar-refractivity contribution in [1.82, 2.24) is 20.4 Å². The van der Waals surface area contributed by atoms with Gasteiger partial charge in [-0.15, -0.1) is 12.4 Å². The van der Waals surface area contributed by atoms with Gasteiger partial charge in [0.15, 0.2) is 0 Å². The zero-order valence-corrected chi connectivity index (χ0v) is 12.2. The summed E-state index contributed by atoms with van der Waals surface area (Å²) >= 11 is 0. The van der Waals surface area contributed by atoms with E-state index in [4.69, 9.17) is 0 Å². The van der Waals surface area contributed by atoms with Gasteiger partial charge in [0, 0.05) is 31.8 Å². The number of carbonyl (C=O) groups is 1. The molecule has 1 saturated heterocycles. The minimum Gasteiger partial charge on any atom is -0.352 e. The number of nitrogens with one attached hydrogen (secondary N) is 2. The van der Waals surface area contributed by atoms with Crippen LogP contribution in [0.5, 0.6) is 0 Å². The molecule has 2 rings (SSSR count). The molecular weight excluding hydrogens is 264 g/mol. The van der Waals surface area contributed by atoms with Crippen LogP contribution < -0.4 is 10.6 Å². The molecule has 1 amide bonds. The molecule has 2 N–H and O–H groups in total. The number of aromatic nitrogens is 2. The van der Waals surface area contributed by atoms with Gasteiger partial charge in [0.2, 0.25) is 5.91 Å². The topological polar surface area (TPSA) is 59.0 Å². The lowest BCUT2D eigenvalue weighted by atomic mass is 9.93. The van der Waals surface area contributed by atoms with Gasteiger partial charge in [0.25, 0.3) is 0 Å². The Balaban J connectivity index is 0.00000180. The van der Waals surface area contributed by atoms with Crippen molar-refractivity contribution in [2.75, 3.05) is 13.1 Å². The number of piperidine rings is 1. The van der Waals surface area contributed by atoms with Crippen LogP contribution in [0, 0.1) is 5.92 Å². The van der Waals surface area contributed by atoms with E-state index in [9.17, 15) is 4.79 Å². The Morgan fingerprint density at radius 1 is 1.53 bits per heavy atom. The summed E-state index contributed by atoms with van der Waals surface area (Å²) in [7, 11) is 1.88. The SMILES string of the molecule is Cl.Cn1cc(CNC(=O)CCC2CCNCC2)cn1. The molecule has 1 aliphatic rings. The zero-order valence-electron chi connectivity index (χ0n) is 11.4. The highest BCUT2D eigenvalue weighted by molar-refractivity contribution is 5.85. The van der Waals surface area contributed by atoms with Gasteiger partial charge >= 0.3 is 0 Å². The molecule has 0 radical (unpaired) electrons. The van der Waals surface area contributed by atoms with Crippen molar-refractivity contribution in [3.63, 3.8) is 0 Å². The normalized spacial score (nSPS) is 15.8. The van der Waals surface area contributed by atoms with E-state index in [1.165, 1.54) is 12.8 Å². The molecule has 6 heteroatoms. The fourth-order valence-electron chi connectivity index (χ4n) is 2.36. The van der Waals surface area contributed by atoms with Gasteiger partial charge in [-0.05, 0) is 38.3 Å². The third-order valence-corrected chi connectivity index (χ3v) is 3.49. The highest BCUT2D eigenvalue weighted by Crippen LogP contribution is 2.17. The summed E-state index contributed by atoms with van der Waals surface area (Å²) in [5.41, 5.74) is 1.05. The summed E-state index contributed by atoms with van der Waals surface area (Å²) in [6.45, 7) is 2.78. The maximum atomic E-state index is 11.7. The molecule has 19 heavy (non-hydrogen) atoms. The summed E-state index contributed by atoms with van der Waals surface area (Å²) < 4.78 is 1.75. The zero-order chi connectivity index (χ0) is 12.8. The lowest BCUT2D eigenvalue weighted by Gasteiger charge is -2.22. The molecule has 0 spiro atoms. The van der Waals surface area contributed by atoms with Crippen LogP contribution in [0.3, 0.4) is 0 Å². The first-order valence-corrected chi connectivity index (χ1v) is 6.69. The fourth-order valence-corrected chi connectivity index (χ4v) is 2.36. The van der Waals surface area contributed by atoms with Crippen LogP contribution in [-0.4, -0.2) is 28.8 Å². The van der Waals surface area contributed by atoms with Gasteiger partial charge in [0.1, 0.15) is 0 Å². The van der Waals surface area contributed by atoms with Gasteiger partial charge in [-0.1, -0.05) is 0 Å². The lowest BCUT2D eigenvalue weighted by molar-refractivity contribution is -0.121. The van der Waals surface area contributed by atoms with Crippen LogP contribution in [0.25, 0.3) is 0 Å². The predicted octanol–water partition coefficient (Wildman–Crippen LogP) is 1.24. The first-order valence-electron chi connectivity index (χ1n) is 6.69. The van der Waals surface area contributed by atoms with Crippen LogP contribution in [0.1, 0.15) is 31.2 Å². The van der Waals surface area contributed by atoms with Gasteiger partial charge in [-0.2, -0.15) is 5.10 Å². The fraction of sp³-hybridized carbons (Fsp3) is 0.692. The minimum atomic E-state index is 0. The summed E-state index contributed by atoms with van der Waals surface area (Å²) in [5.74, 6) is 0.868. The first kappa shape index (κ1) is 16.0. The van der Waals surface area contributed by atoms with Crippen molar-refractivity contribution < 1.29 is 4.79 Å². The Morgan fingerprint density at radius 3 is 2.89 bits per heavy atom. The van der Waals surface area contributed by atoms with Crippen molar-refractivity contribution in [2.24, 2.45) is 13.0 Å². The average molecular weight is 287 g/mol. The number of hydrogen-bond donors (Lipinski definition) is 2. The quantitative estimate of drug-likeness (QED) is 0.856. The molecule has 0 aliphatic carbocycles. The number of nitrogens with zero attached hydrogens (tertiary/aromatic N) is 2. The van der Waals surface area contributed by atoms with E-state index < -0.39 is 0 Å². The molecule has 1 aliphatic heterocycles. The van der Waals surface area contributed by atoms with Crippen LogP contribution in [-0.2, 0) is 18.4 Å². The average Bonchev–Trinajstić information content (AvgIpc) is 2.81. The maximum Gasteiger partial charge on any atom is 0.220 e. The molecule has 0 aromatic carbocycles. The second kappa shape index (κ2) is 8.17. The molecule has 0 unspecified atom stereocenters. The second-order valence-electron chi connectivity index (χ2n) is 5.03. The number of rotatable bonds is 5. The summed E-state index contributed by atoms with van der Waals surface area (Å²) in [5, 5.41) is 10.4. The summed E-state index contributed by atoms with van der Waals surface area (Å²) in [4.78, 5) is 11.7. The number of carbonyl (C=O) groups excluding carboxylic acids is 1. The van der Waals surface area contributed by atoms with E-state index in [1.54, 1.807) is 10.9 Å². The van der Waals surface area contributed by atoms with Crippen LogP contribution in [0.15, 0.2) is 12.4 Å². The molecule has 108 valence electrons. The van der Waals surface area contributed by atoms with Gasteiger partial charge in [-0.3, -0.25) is 9.48 Å². The van der Waals surface area contributed by atoms with E-state index in [2.05, 4.69) is 15.7 Å². The molecule has 2 heterocycles. The molecule has 1 fully saturated rings. The molecule has 0 saturated carbocycles. The van der Waals surface area contributed by atoms with Gasteiger partial charge < -0.3 is 10.6 Å². The van der Waals surface area contributed by atoms with E-state index >= 15 is 0 Å². The van der Waals surface area contributed by atoms with E-state index in [0.717, 1.165) is 31.0 Å². The van der Waals surface area contributed by atoms with Gasteiger partial charge in [-0.25, -0.2) is 0 Å². The van der Waals surface area contributed by atoms with Crippen molar-refractivity contribution in [3.8, 4) is 0 Å². The predicted molar refractivity (Wildman–Crippen MR) is 77.1 cm³/mol. The maximum absolute atomic E-state index is 11.7. The Labute approximate surface area is 120 Å². The van der Waals surface area contributed by atoms with E-state index in [0.29, 0.717) is 13.0 Å². The Morgan fingerprint density at radius 2 is 2.26 bits per heavy atom. The first-order chi connectivity index (χ1) is 8.74. The minimum absolute atomic E-state index is 0. The molecular formula is C13H23ClN4O. The van der Waals surface area contributed by atoms with Crippen molar-refractivity contribution in [3.05, 3.63) is 18.0 Å². The molecule has 0 bridgehead atoms. The number of amides is 1. The standard InChI is InChI=1S/C13H22N4O.ClH/c1-17-10-12(9-16-17)8-15-13(18)3-2-11-4-6-14-7-5-11;/h9-11,14H,2-8H2,1H3,(H,15,18);1H.